The maximum atomic E-state index is 12.8. The van der Waals surface area contributed by atoms with Gasteiger partial charge in [-0.1, -0.05) is 18.2 Å². The number of hydrogen-bond acceptors (Lipinski definition) is 4. The molecular formula is C21H29N6O2+. The molecule has 1 aromatic carbocycles. The van der Waals surface area contributed by atoms with Crippen LogP contribution < -0.4 is 21.0 Å². The molecule has 29 heavy (non-hydrogen) atoms. The Morgan fingerprint density at radius 1 is 1.03 bits per heavy atom. The number of benzene rings is 1. The van der Waals surface area contributed by atoms with E-state index in [9.17, 15) is 9.59 Å². The highest BCUT2D eigenvalue weighted by atomic mass is 16.2. The average Bonchev–Trinajstić information content (AvgIpc) is 3.11. The molecule has 8 heteroatoms. The van der Waals surface area contributed by atoms with E-state index in [0.717, 1.165) is 43.1 Å². The van der Waals surface area contributed by atoms with Gasteiger partial charge in [-0.2, -0.15) is 0 Å². The van der Waals surface area contributed by atoms with E-state index in [1.165, 1.54) is 22.2 Å². The van der Waals surface area contributed by atoms with E-state index < -0.39 is 0 Å². The third-order valence-corrected chi connectivity index (χ3v) is 5.88. The summed E-state index contributed by atoms with van der Waals surface area (Å²) in [5, 5.41) is 0. The van der Waals surface area contributed by atoms with Crippen molar-refractivity contribution in [2.24, 2.45) is 14.1 Å². The van der Waals surface area contributed by atoms with Crippen LogP contribution in [-0.2, 0) is 20.6 Å². The van der Waals surface area contributed by atoms with Crippen LogP contribution in [0.25, 0.3) is 11.2 Å². The third-order valence-electron chi connectivity index (χ3n) is 5.88. The first-order valence-corrected chi connectivity index (χ1v) is 10.2. The third kappa shape index (κ3) is 3.37. The number of fused-ring (bicyclic) bond motifs is 1. The minimum atomic E-state index is -0.341. The second-order valence-electron chi connectivity index (χ2n) is 8.12. The molecular weight excluding hydrogens is 368 g/mol. The van der Waals surface area contributed by atoms with Gasteiger partial charge in [-0.3, -0.25) is 13.9 Å². The van der Waals surface area contributed by atoms with Crippen molar-refractivity contribution >= 4 is 16.9 Å². The minimum Gasteiger partial charge on any atom is -0.360 e. The molecule has 154 valence electrons. The summed E-state index contributed by atoms with van der Waals surface area (Å²) >= 11 is 0. The molecule has 1 saturated heterocycles. The lowest BCUT2D eigenvalue weighted by Crippen LogP contribution is -3.13. The number of imidazole rings is 1. The number of hydrogen-bond donors (Lipinski definition) is 1. The Balaban J connectivity index is 1.63. The fourth-order valence-corrected chi connectivity index (χ4v) is 4.26. The standard InChI is InChI=1S/C21H28N6O2/c1-15(2)27-17(22-19-18(27)20(28)24(4)21(29)23(19)3)14-25-10-12-26(13-11-25)16-8-6-5-7-9-16/h5-9,15H,10-14H2,1-4H3/p+1. The Labute approximate surface area is 169 Å². The highest BCUT2D eigenvalue weighted by molar-refractivity contribution is 5.71. The van der Waals surface area contributed by atoms with Crippen molar-refractivity contribution in [3.63, 3.8) is 0 Å². The molecule has 0 amide bonds. The second kappa shape index (κ2) is 7.51. The molecule has 1 N–H and O–H groups in total. The number of anilines is 1. The zero-order chi connectivity index (χ0) is 20.7. The summed E-state index contributed by atoms with van der Waals surface area (Å²) in [5.74, 6) is 0.872. The molecule has 0 saturated carbocycles. The normalized spacial score (nSPS) is 15.6. The maximum absolute atomic E-state index is 12.8. The van der Waals surface area contributed by atoms with E-state index in [2.05, 4.69) is 43.0 Å². The van der Waals surface area contributed by atoms with Gasteiger partial charge in [0.1, 0.15) is 6.54 Å². The van der Waals surface area contributed by atoms with E-state index in [1.54, 1.807) is 7.05 Å². The average molecular weight is 398 g/mol. The van der Waals surface area contributed by atoms with Crippen LogP contribution in [0.5, 0.6) is 0 Å². The molecule has 0 atom stereocenters. The molecule has 2 aromatic heterocycles. The molecule has 0 spiro atoms. The zero-order valence-electron chi connectivity index (χ0n) is 17.6. The van der Waals surface area contributed by atoms with Crippen LogP contribution in [0.2, 0.25) is 0 Å². The van der Waals surface area contributed by atoms with Crippen molar-refractivity contribution in [1.29, 1.82) is 0 Å². The molecule has 4 rings (SSSR count). The van der Waals surface area contributed by atoms with Gasteiger partial charge in [-0.15, -0.1) is 0 Å². The second-order valence-corrected chi connectivity index (χ2v) is 8.12. The summed E-state index contributed by atoms with van der Waals surface area (Å²) in [6.45, 7) is 8.84. The SMILES string of the molecule is CC(C)n1c(C[NH+]2CCN(c3ccccc3)CC2)nc2c1c(=O)n(C)c(=O)n2C. The Kier molecular flexibility index (Phi) is 5.04. The zero-order valence-corrected chi connectivity index (χ0v) is 17.6. The van der Waals surface area contributed by atoms with Gasteiger partial charge >= 0.3 is 5.69 Å². The topological polar surface area (TPSA) is 69.5 Å². The van der Waals surface area contributed by atoms with Crippen molar-refractivity contribution < 1.29 is 4.90 Å². The van der Waals surface area contributed by atoms with Crippen LogP contribution in [0.4, 0.5) is 5.69 Å². The molecule has 8 nitrogen and oxygen atoms in total. The summed E-state index contributed by atoms with van der Waals surface area (Å²) in [5.41, 5.74) is 1.64. The summed E-state index contributed by atoms with van der Waals surface area (Å²) in [6.07, 6.45) is 0. The predicted octanol–water partition coefficient (Wildman–Crippen LogP) is -0.0803. The van der Waals surface area contributed by atoms with Gasteiger partial charge in [0.15, 0.2) is 17.0 Å². The van der Waals surface area contributed by atoms with E-state index in [4.69, 9.17) is 4.98 Å². The lowest BCUT2D eigenvalue weighted by Gasteiger charge is -2.33. The van der Waals surface area contributed by atoms with Crippen LogP contribution in [0.1, 0.15) is 25.7 Å². The highest BCUT2D eigenvalue weighted by Crippen LogP contribution is 2.17. The Hall–Kier alpha value is -2.87. The van der Waals surface area contributed by atoms with Gasteiger partial charge in [0.25, 0.3) is 5.56 Å². The molecule has 3 heterocycles. The Morgan fingerprint density at radius 3 is 2.31 bits per heavy atom. The van der Waals surface area contributed by atoms with Gasteiger partial charge in [-0.25, -0.2) is 9.78 Å². The number of aryl methyl sites for hydroxylation is 1. The first-order chi connectivity index (χ1) is 13.9. The fourth-order valence-electron chi connectivity index (χ4n) is 4.26. The van der Waals surface area contributed by atoms with Crippen LogP contribution >= 0.6 is 0 Å². The summed E-state index contributed by atoms with van der Waals surface area (Å²) in [4.78, 5) is 33.7. The number of nitrogens with one attached hydrogen (secondary N) is 1. The smallest absolute Gasteiger partial charge is 0.332 e. The van der Waals surface area contributed by atoms with E-state index in [1.807, 2.05) is 10.6 Å². The molecule has 1 aliphatic heterocycles. The molecule has 0 aliphatic carbocycles. The van der Waals surface area contributed by atoms with E-state index in [0.29, 0.717) is 11.2 Å². The largest absolute Gasteiger partial charge is 0.360 e. The van der Waals surface area contributed by atoms with Crippen LogP contribution in [0.15, 0.2) is 39.9 Å². The first kappa shape index (κ1) is 19.4. The van der Waals surface area contributed by atoms with Crippen molar-refractivity contribution in [2.75, 3.05) is 31.1 Å². The van der Waals surface area contributed by atoms with Crippen molar-refractivity contribution in [2.45, 2.75) is 26.4 Å². The predicted molar refractivity (Wildman–Crippen MR) is 114 cm³/mol. The molecule has 0 radical (unpaired) electrons. The molecule has 1 aliphatic rings. The van der Waals surface area contributed by atoms with Crippen LogP contribution in [-0.4, -0.2) is 44.9 Å². The van der Waals surface area contributed by atoms with Crippen molar-refractivity contribution in [3.8, 4) is 0 Å². The van der Waals surface area contributed by atoms with Gasteiger partial charge in [0.05, 0.1) is 26.2 Å². The number of piperazine rings is 1. The lowest BCUT2D eigenvalue weighted by molar-refractivity contribution is -0.915. The minimum absolute atomic E-state index is 0.0882. The summed E-state index contributed by atoms with van der Waals surface area (Å²) < 4.78 is 4.65. The number of rotatable bonds is 4. The Morgan fingerprint density at radius 2 is 1.69 bits per heavy atom. The molecule has 0 unspecified atom stereocenters. The van der Waals surface area contributed by atoms with E-state index in [-0.39, 0.29) is 17.3 Å². The first-order valence-electron chi connectivity index (χ1n) is 10.2. The Bertz CT molecular complexity index is 1130. The number of aromatic nitrogens is 4. The van der Waals surface area contributed by atoms with Gasteiger partial charge in [0.2, 0.25) is 0 Å². The lowest BCUT2D eigenvalue weighted by atomic mass is 10.2. The van der Waals surface area contributed by atoms with Gasteiger partial charge < -0.3 is 14.4 Å². The molecule has 1 fully saturated rings. The van der Waals surface area contributed by atoms with Crippen molar-refractivity contribution in [3.05, 3.63) is 57.0 Å². The van der Waals surface area contributed by atoms with Gasteiger partial charge in [-0.05, 0) is 26.0 Å². The van der Waals surface area contributed by atoms with Crippen molar-refractivity contribution in [1.82, 2.24) is 18.7 Å². The van der Waals surface area contributed by atoms with Crippen LogP contribution in [0.3, 0.4) is 0 Å². The monoisotopic (exact) mass is 397 g/mol. The number of para-hydroxylation sites is 1. The van der Waals surface area contributed by atoms with Gasteiger partial charge in [0, 0.05) is 25.8 Å². The number of quaternary nitrogens is 1. The quantitative estimate of drug-likeness (QED) is 0.669. The van der Waals surface area contributed by atoms with E-state index >= 15 is 0 Å². The number of nitrogens with zero attached hydrogens (tertiary/aromatic N) is 5. The summed E-state index contributed by atoms with van der Waals surface area (Å²) in [7, 11) is 3.20. The van der Waals surface area contributed by atoms with Crippen LogP contribution in [0, 0.1) is 0 Å². The fraction of sp³-hybridized carbons (Fsp3) is 0.476. The molecule has 0 bridgehead atoms. The maximum Gasteiger partial charge on any atom is 0.332 e. The summed E-state index contributed by atoms with van der Waals surface area (Å²) in [6, 6.07) is 10.6. The molecule has 3 aromatic rings. The highest BCUT2D eigenvalue weighted by Gasteiger charge is 2.26.